The fourth-order valence-electron chi connectivity index (χ4n) is 2.64. The van der Waals surface area contributed by atoms with E-state index in [1.807, 2.05) is 19.1 Å². The molecule has 2 nitrogen and oxygen atoms in total. The largest absolute Gasteiger partial charge is 0.240 e. The Morgan fingerprint density at radius 3 is 2.76 bits per heavy atom. The van der Waals surface area contributed by atoms with E-state index in [2.05, 4.69) is 6.07 Å². The van der Waals surface area contributed by atoms with Gasteiger partial charge in [-0.3, -0.25) is 0 Å². The fourth-order valence-corrected chi connectivity index (χ4v) is 4.89. The first-order valence-electron chi connectivity index (χ1n) is 7.04. The summed E-state index contributed by atoms with van der Waals surface area (Å²) in [5.41, 5.74) is 2.97. The van der Waals surface area contributed by atoms with Crippen LogP contribution in [-0.2, 0) is 12.8 Å². The smallest absolute Gasteiger partial charge is 0.134 e. The Morgan fingerprint density at radius 1 is 1.24 bits per heavy atom. The van der Waals surface area contributed by atoms with E-state index < -0.39 is 0 Å². The van der Waals surface area contributed by atoms with Gasteiger partial charge < -0.3 is 0 Å². The molecule has 0 bridgehead atoms. The van der Waals surface area contributed by atoms with Gasteiger partial charge in [-0.1, -0.05) is 18.0 Å². The Balaban J connectivity index is 2.01. The second-order valence-electron chi connectivity index (χ2n) is 5.16. The lowest BCUT2D eigenvalue weighted by Crippen LogP contribution is -1.90. The molecule has 0 aliphatic heterocycles. The van der Waals surface area contributed by atoms with Crippen molar-refractivity contribution in [3.8, 4) is 6.07 Å². The van der Waals surface area contributed by atoms with Crippen molar-refractivity contribution in [2.45, 2.75) is 39.0 Å². The summed E-state index contributed by atoms with van der Waals surface area (Å²) in [5, 5.41) is 10.4. The summed E-state index contributed by atoms with van der Waals surface area (Å²) in [6.07, 6.45) is 5.78. The predicted molar refractivity (Wildman–Crippen MR) is 91.5 cm³/mol. The van der Waals surface area contributed by atoms with Gasteiger partial charge in [-0.05, 0) is 50.3 Å². The van der Waals surface area contributed by atoms with E-state index in [0.717, 1.165) is 38.3 Å². The molecule has 1 aliphatic rings. The minimum atomic E-state index is 0.766. The first-order valence-corrected chi connectivity index (χ1v) is 9.06. The van der Waals surface area contributed by atoms with Gasteiger partial charge in [0, 0.05) is 9.75 Å². The van der Waals surface area contributed by atoms with Crippen molar-refractivity contribution in [2.24, 2.45) is 4.99 Å². The van der Waals surface area contributed by atoms with Crippen LogP contribution >= 0.6 is 34.3 Å². The van der Waals surface area contributed by atoms with Gasteiger partial charge in [0.1, 0.15) is 11.1 Å². The maximum atomic E-state index is 9.51. The summed E-state index contributed by atoms with van der Waals surface area (Å²) in [5.74, 6) is 0. The summed E-state index contributed by atoms with van der Waals surface area (Å²) in [6.45, 7) is 1.98. The molecule has 3 rings (SSSR count). The van der Waals surface area contributed by atoms with Crippen LogP contribution in [0.1, 0.15) is 47.1 Å². The Kier molecular flexibility index (Phi) is 4.44. The monoisotopic (exact) mass is 334 g/mol. The second kappa shape index (κ2) is 6.31. The zero-order chi connectivity index (χ0) is 14.8. The third-order valence-corrected chi connectivity index (χ3v) is 6.24. The highest BCUT2D eigenvalue weighted by atomic mass is 35.5. The summed E-state index contributed by atoms with van der Waals surface area (Å²) in [7, 11) is 0. The highest BCUT2D eigenvalue weighted by molar-refractivity contribution is 7.18. The van der Waals surface area contributed by atoms with Crippen molar-refractivity contribution in [3.05, 3.63) is 37.4 Å². The van der Waals surface area contributed by atoms with E-state index in [0.29, 0.717) is 0 Å². The van der Waals surface area contributed by atoms with Gasteiger partial charge in [-0.15, -0.1) is 22.7 Å². The lowest BCUT2D eigenvalue weighted by molar-refractivity contribution is 0.712. The zero-order valence-electron chi connectivity index (χ0n) is 11.8. The molecule has 5 heteroatoms. The molecule has 2 heterocycles. The number of aryl methyl sites for hydroxylation is 1. The number of nitriles is 1. The molecule has 0 N–H and O–H groups in total. The third kappa shape index (κ3) is 3.06. The minimum Gasteiger partial charge on any atom is -0.240 e. The molecule has 108 valence electrons. The quantitative estimate of drug-likeness (QED) is 0.509. The summed E-state index contributed by atoms with van der Waals surface area (Å²) < 4.78 is 0.766. The molecular weight excluding hydrogens is 320 g/mol. The van der Waals surface area contributed by atoms with Gasteiger partial charge in [0.15, 0.2) is 0 Å². The average Bonchev–Trinajstić information content (AvgIpc) is 2.96. The molecule has 0 unspecified atom stereocenters. The minimum absolute atomic E-state index is 0.766. The van der Waals surface area contributed by atoms with Crippen LogP contribution in [-0.4, -0.2) is 5.71 Å². The SMILES string of the molecule is CC(=Nc1sc2c(c1C#N)CCCCC2)c1ccc(Cl)s1. The molecule has 0 saturated heterocycles. The number of fused-ring (bicyclic) bond motifs is 1. The highest BCUT2D eigenvalue weighted by Gasteiger charge is 2.19. The van der Waals surface area contributed by atoms with Gasteiger partial charge in [0.05, 0.1) is 15.6 Å². The molecule has 0 atom stereocenters. The van der Waals surface area contributed by atoms with Gasteiger partial charge >= 0.3 is 0 Å². The van der Waals surface area contributed by atoms with Crippen LogP contribution in [0.25, 0.3) is 0 Å². The van der Waals surface area contributed by atoms with Crippen LogP contribution in [0.5, 0.6) is 0 Å². The molecule has 0 aromatic carbocycles. The first-order chi connectivity index (χ1) is 10.2. The van der Waals surface area contributed by atoms with Gasteiger partial charge in [-0.25, -0.2) is 4.99 Å². The molecule has 0 saturated carbocycles. The van der Waals surface area contributed by atoms with Crippen molar-refractivity contribution in [2.75, 3.05) is 0 Å². The van der Waals surface area contributed by atoms with Crippen LogP contribution in [0.2, 0.25) is 4.34 Å². The van der Waals surface area contributed by atoms with E-state index in [9.17, 15) is 5.26 Å². The molecule has 21 heavy (non-hydrogen) atoms. The summed E-state index contributed by atoms with van der Waals surface area (Å²) in [4.78, 5) is 7.14. The predicted octanol–water partition coefficient (Wildman–Crippen LogP) is 5.74. The lowest BCUT2D eigenvalue weighted by Gasteiger charge is -1.98. The second-order valence-corrected chi connectivity index (χ2v) is 7.96. The molecule has 1 aliphatic carbocycles. The fraction of sp³-hybridized carbons (Fsp3) is 0.375. The number of rotatable bonds is 2. The number of aliphatic imine (C=N–C) groups is 1. The van der Waals surface area contributed by atoms with Gasteiger partial charge in [0.2, 0.25) is 0 Å². The molecule has 0 amide bonds. The van der Waals surface area contributed by atoms with Crippen LogP contribution in [0.4, 0.5) is 5.00 Å². The maximum Gasteiger partial charge on any atom is 0.134 e. The molecule has 0 fully saturated rings. The normalized spacial score (nSPS) is 15.4. The van der Waals surface area contributed by atoms with Crippen molar-refractivity contribution in [3.63, 3.8) is 0 Å². The van der Waals surface area contributed by atoms with Crippen molar-refractivity contribution >= 4 is 45.0 Å². The van der Waals surface area contributed by atoms with Gasteiger partial charge in [0.25, 0.3) is 0 Å². The van der Waals surface area contributed by atoms with Crippen molar-refractivity contribution < 1.29 is 0 Å². The van der Waals surface area contributed by atoms with E-state index >= 15 is 0 Å². The first kappa shape index (κ1) is 14.8. The molecular formula is C16H15ClN2S2. The Hall–Kier alpha value is -1.15. The Morgan fingerprint density at radius 2 is 2.05 bits per heavy atom. The van der Waals surface area contributed by atoms with E-state index in [1.54, 1.807) is 11.3 Å². The van der Waals surface area contributed by atoms with Crippen LogP contribution < -0.4 is 0 Å². The van der Waals surface area contributed by atoms with E-state index in [1.165, 1.54) is 41.0 Å². The van der Waals surface area contributed by atoms with Crippen molar-refractivity contribution in [1.82, 2.24) is 0 Å². The van der Waals surface area contributed by atoms with Crippen LogP contribution in [0.3, 0.4) is 0 Å². The Labute approximate surface area is 137 Å². The summed E-state index contributed by atoms with van der Waals surface area (Å²) in [6, 6.07) is 6.24. The van der Waals surface area contributed by atoms with Crippen LogP contribution in [0.15, 0.2) is 17.1 Å². The summed E-state index contributed by atoms with van der Waals surface area (Å²) >= 11 is 9.19. The van der Waals surface area contributed by atoms with E-state index in [-0.39, 0.29) is 0 Å². The number of hydrogen-bond acceptors (Lipinski definition) is 4. The number of thiophene rings is 2. The molecule has 2 aromatic rings. The topological polar surface area (TPSA) is 36.1 Å². The standard InChI is InChI=1S/C16H15ClN2S2/c1-10(13-7-8-15(17)20-13)19-16-12(9-18)11-5-3-2-4-6-14(11)21-16/h7-8H,2-6H2,1H3. The number of nitrogens with zero attached hydrogens (tertiary/aromatic N) is 2. The molecule has 2 aromatic heterocycles. The molecule has 0 spiro atoms. The third-order valence-electron chi connectivity index (χ3n) is 3.71. The number of hydrogen-bond donors (Lipinski definition) is 0. The van der Waals surface area contributed by atoms with Crippen LogP contribution in [0, 0.1) is 11.3 Å². The maximum absolute atomic E-state index is 9.51. The average molecular weight is 335 g/mol. The van der Waals surface area contributed by atoms with Gasteiger partial charge in [-0.2, -0.15) is 5.26 Å². The number of halogens is 1. The van der Waals surface area contributed by atoms with E-state index in [4.69, 9.17) is 16.6 Å². The molecule has 0 radical (unpaired) electrons. The highest BCUT2D eigenvalue weighted by Crippen LogP contribution is 2.39. The zero-order valence-corrected chi connectivity index (χ0v) is 14.2. The van der Waals surface area contributed by atoms with Crippen molar-refractivity contribution in [1.29, 1.82) is 5.26 Å². The lowest BCUT2D eigenvalue weighted by atomic mass is 10.1. The Bertz CT molecular complexity index is 734.